The second-order valence-corrected chi connectivity index (χ2v) is 7.42. The van der Waals surface area contributed by atoms with Crippen molar-refractivity contribution < 1.29 is 8.42 Å². The molecular formula is C13H21ClN4O2S. The highest BCUT2D eigenvalue weighted by molar-refractivity contribution is 7.89. The van der Waals surface area contributed by atoms with E-state index < -0.39 is 10.0 Å². The van der Waals surface area contributed by atoms with Crippen LogP contribution in [0.3, 0.4) is 0 Å². The van der Waals surface area contributed by atoms with E-state index >= 15 is 0 Å². The summed E-state index contributed by atoms with van der Waals surface area (Å²) in [5.74, 6) is 1.29. The fourth-order valence-corrected chi connectivity index (χ4v) is 4.00. The molecule has 1 aliphatic rings. The first-order chi connectivity index (χ1) is 10.1. The normalized spacial score (nSPS) is 19.7. The van der Waals surface area contributed by atoms with Gasteiger partial charge in [-0.15, -0.1) is 11.6 Å². The average molecular weight is 333 g/mol. The van der Waals surface area contributed by atoms with Crippen LogP contribution in [0.1, 0.15) is 25.7 Å². The number of anilines is 1. The summed E-state index contributed by atoms with van der Waals surface area (Å²) >= 11 is 5.57. The molecule has 0 saturated carbocycles. The Bertz CT molecular complexity index is 526. The van der Waals surface area contributed by atoms with Gasteiger partial charge >= 0.3 is 0 Å². The maximum absolute atomic E-state index is 12.0. The number of aromatic nitrogens is 2. The Morgan fingerprint density at radius 2 is 2.10 bits per heavy atom. The van der Waals surface area contributed by atoms with Gasteiger partial charge in [0.15, 0.2) is 0 Å². The summed E-state index contributed by atoms with van der Waals surface area (Å²) in [6.07, 6.45) is 6.48. The fourth-order valence-electron chi connectivity index (χ4n) is 2.41. The van der Waals surface area contributed by atoms with Crippen LogP contribution in [0.25, 0.3) is 0 Å². The zero-order chi connectivity index (χ0) is 15.1. The smallest absolute Gasteiger partial charge is 0.225 e. The van der Waals surface area contributed by atoms with Crippen molar-refractivity contribution in [2.45, 2.75) is 31.7 Å². The molecule has 118 valence electrons. The van der Waals surface area contributed by atoms with Crippen molar-refractivity contribution in [3.05, 3.63) is 18.5 Å². The van der Waals surface area contributed by atoms with Crippen LogP contribution in [0.2, 0.25) is 0 Å². The molecule has 1 saturated heterocycles. The molecule has 6 nitrogen and oxygen atoms in total. The second-order valence-electron chi connectivity index (χ2n) is 5.17. The van der Waals surface area contributed by atoms with Gasteiger partial charge in [-0.3, -0.25) is 0 Å². The van der Waals surface area contributed by atoms with Crippen molar-refractivity contribution in [3.8, 4) is 0 Å². The first-order valence-corrected chi connectivity index (χ1v) is 9.37. The Kier molecular flexibility index (Phi) is 6.20. The van der Waals surface area contributed by atoms with Crippen molar-refractivity contribution in [2.24, 2.45) is 0 Å². The van der Waals surface area contributed by atoms with Gasteiger partial charge in [0.2, 0.25) is 16.0 Å². The van der Waals surface area contributed by atoms with E-state index in [9.17, 15) is 8.42 Å². The van der Waals surface area contributed by atoms with Crippen LogP contribution in [-0.4, -0.2) is 49.1 Å². The number of nitrogens with zero attached hydrogens (tertiary/aromatic N) is 3. The Morgan fingerprint density at radius 3 is 2.81 bits per heavy atom. The summed E-state index contributed by atoms with van der Waals surface area (Å²) in [6.45, 7) is 1.47. The van der Waals surface area contributed by atoms with E-state index in [2.05, 4.69) is 14.7 Å². The van der Waals surface area contributed by atoms with Gasteiger partial charge in [-0.1, -0.05) is 0 Å². The first-order valence-electron chi connectivity index (χ1n) is 7.18. The first kappa shape index (κ1) is 16.5. The molecular weight excluding hydrogens is 312 g/mol. The summed E-state index contributed by atoms with van der Waals surface area (Å²) in [5, 5.41) is 0. The third kappa shape index (κ3) is 5.41. The monoisotopic (exact) mass is 332 g/mol. The van der Waals surface area contributed by atoms with Gasteiger partial charge in [0.25, 0.3) is 0 Å². The molecule has 1 atom stereocenters. The molecule has 1 aromatic rings. The minimum atomic E-state index is -3.24. The van der Waals surface area contributed by atoms with E-state index in [1.807, 2.05) is 4.90 Å². The summed E-state index contributed by atoms with van der Waals surface area (Å²) in [5.41, 5.74) is 0. The topological polar surface area (TPSA) is 75.2 Å². The number of hydrogen-bond donors (Lipinski definition) is 1. The van der Waals surface area contributed by atoms with Gasteiger partial charge in [0.1, 0.15) is 0 Å². The third-order valence-electron chi connectivity index (χ3n) is 3.40. The van der Waals surface area contributed by atoms with Gasteiger partial charge in [0.05, 0.1) is 5.75 Å². The van der Waals surface area contributed by atoms with Crippen LogP contribution in [0, 0.1) is 0 Å². The van der Waals surface area contributed by atoms with E-state index in [0.29, 0.717) is 24.8 Å². The number of alkyl halides is 1. The number of rotatable bonds is 7. The van der Waals surface area contributed by atoms with Crippen LogP contribution in [-0.2, 0) is 10.0 Å². The van der Waals surface area contributed by atoms with Crippen molar-refractivity contribution in [3.63, 3.8) is 0 Å². The number of nitrogens with one attached hydrogen (secondary N) is 1. The predicted molar refractivity (Wildman–Crippen MR) is 84.1 cm³/mol. The maximum Gasteiger partial charge on any atom is 0.225 e. The number of halogens is 1. The lowest BCUT2D eigenvalue weighted by Crippen LogP contribution is -2.48. The summed E-state index contributed by atoms with van der Waals surface area (Å²) < 4.78 is 26.8. The third-order valence-corrected chi connectivity index (χ3v) is 5.19. The van der Waals surface area contributed by atoms with Crippen molar-refractivity contribution >= 4 is 27.6 Å². The molecule has 8 heteroatoms. The largest absolute Gasteiger partial charge is 0.339 e. The Hall–Kier alpha value is -0.920. The second kappa shape index (κ2) is 7.91. The lowest BCUT2D eigenvalue weighted by atomic mass is 10.1. The summed E-state index contributed by atoms with van der Waals surface area (Å²) in [4.78, 5) is 10.5. The van der Waals surface area contributed by atoms with Crippen LogP contribution >= 0.6 is 11.6 Å². The van der Waals surface area contributed by atoms with Crippen molar-refractivity contribution in [2.75, 3.05) is 29.6 Å². The van der Waals surface area contributed by atoms with Gasteiger partial charge in [-0.2, -0.15) is 0 Å². The Labute approximate surface area is 131 Å². The summed E-state index contributed by atoms with van der Waals surface area (Å²) in [7, 11) is -3.24. The average Bonchev–Trinajstić information content (AvgIpc) is 2.48. The minimum Gasteiger partial charge on any atom is -0.339 e. The highest BCUT2D eigenvalue weighted by atomic mass is 35.5. The molecule has 0 bridgehead atoms. The van der Waals surface area contributed by atoms with Crippen molar-refractivity contribution in [1.82, 2.24) is 14.7 Å². The number of unbranched alkanes of at least 4 members (excludes halogenated alkanes) is 1. The van der Waals surface area contributed by atoms with E-state index in [4.69, 9.17) is 11.6 Å². The molecule has 1 aromatic heterocycles. The summed E-state index contributed by atoms with van der Waals surface area (Å²) in [6, 6.07) is 1.69. The molecule has 1 aliphatic heterocycles. The standard InChI is InChI=1S/C13H21ClN4O2S/c14-6-1-2-10-21(19,20)17-12-5-3-9-18(11-12)13-15-7-4-8-16-13/h4,7-8,12,17H,1-3,5-6,9-11H2. The minimum absolute atomic E-state index is 0.0800. The van der Waals surface area contributed by atoms with E-state index in [0.717, 1.165) is 25.8 Å². The van der Waals surface area contributed by atoms with E-state index in [1.165, 1.54) is 0 Å². The number of hydrogen-bond acceptors (Lipinski definition) is 5. The van der Waals surface area contributed by atoms with Gasteiger partial charge in [-0.05, 0) is 31.7 Å². The molecule has 0 spiro atoms. The Morgan fingerprint density at radius 1 is 1.33 bits per heavy atom. The van der Waals surface area contributed by atoms with Crippen molar-refractivity contribution in [1.29, 1.82) is 0 Å². The molecule has 2 heterocycles. The zero-order valence-corrected chi connectivity index (χ0v) is 13.5. The number of piperidine rings is 1. The molecule has 0 aromatic carbocycles. The van der Waals surface area contributed by atoms with E-state index in [1.54, 1.807) is 18.5 Å². The molecule has 21 heavy (non-hydrogen) atoms. The van der Waals surface area contributed by atoms with Gasteiger partial charge < -0.3 is 4.90 Å². The quantitative estimate of drug-likeness (QED) is 0.603. The molecule has 1 N–H and O–H groups in total. The maximum atomic E-state index is 12.0. The fraction of sp³-hybridized carbons (Fsp3) is 0.692. The molecule has 0 aliphatic carbocycles. The molecule has 1 fully saturated rings. The lowest BCUT2D eigenvalue weighted by Gasteiger charge is -2.32. The highest BCUT2D eigenvalue weighted by Gasteiger charge is 2.25. The lowest BCUT2D eigenvalue weighted by molar-refractivity contribution is 0.461. The molecule has 2 rings (SSSR count). The molecule has 0 amide bonds. The van der Waals surface area contributed by atoms with E-state index in [-0.39, 0.29) is 11.8 Å². The SMILES string of the molecule is O=S(=O)(CCCCCl)NC1CCCN(c2ncccn2)C1. The van der Waals surface area contributed by atoms with Crippen LogP contribution in [0.15, 0.2) is 18.5 Å². The molecule has 1 unspecified atom stereocenters. The van der Waals surface area contributed by atoms with Crippen LogP contribution < -0.4 is 9.62 Å². The zero-order valence-electron chi connectivity index (χ0n) is 11.9. The molecule has 0 radical (unpaired) electrons. The van der Waals surface area contributed by atoms with Gasteiger partial charge in [-0.25, -0.2) is 23.1 Å². The van der Waals surface area contributed by atoms with Crippen LogP contribution in [0.4, 0.5) is 5.95 Å². The highest BCUT2D eigenvalue weighted by Crippen LogP contribution is 2.16. The predicted octanol–water partition coefficient (Wildman–Crippen LogP) is 1.38. The van der Waals surface area contributed by atoms with Gasteiger partial charge in [0, 0.05) is 37.4 Å². The van der Waals surface area contributed by atoms with Crippen LogP contribution in [0.5, 0.6) is 0 Å². The Balaban J connectivity index is 1.89. The number of sulfonamides is 1.